The summed E-state index contributed by atoms with van der Waals surface area (Å²) in [5.74, 6) is 0.517. The zero-order valence-electron chi connectivity index (χ0n) is 12.6. The zero-order valence-corrected chi connectivity index (χ0v) is 13.6. The van der Waals surface area contributed by atoms with Gasteiger partial charge in [0, 0.05) is 19.2 Å². The molecule has 4 heteroatoms. The maximum atomic E-state index is 9.90. The molecule has 0 saturated carbocycles. The smallest absolute Gasteiger partial charge is 0.192 e. The minimum absolute atomic E-state index is 0.0946. The lowest BCUT2D eigenvalue weighted by molar-refractivity contribution is -0.0658. The van der Waals surface area contributed by atoms with Crippen LogP contribution in [0.2, 0.25) is 18.1 Å². The molecule has 2 bridgehead atoms. The van der Waals surface area contributed by atoms with Crippen molar-refractivity contribution in [2.45, 2.75) is 63.9 Å². The lowest BCUT2D eigenvalue weighted by Gasteiger charge is -2.49. The van der Waals surface area contributed by atoms with Crippen LogP contribution in [0.4, 0.5) is 0 Å². The van der Waals surface area contributed by atoms with Crippen molar-refractivity contribution in [1.82, 2.24) is 4.90 Å². The molecule has 3 aliphatic rings. The van der Waals surface area contributed by atoms with Gasteiger partial charge in [-0.15, -0.1) is 0 Å². The van der Waals surface area contributed by atoms with Gasteiger partial charge in [-0.3, -0.25) is 4.90 Å². The van der Waals surface area contributed by atoms with Crippen molar-refractivity contribution in [2.75, 3.05) is 19.7 Å². The Hall–Kier alpha value is 0.0969. The predicted octanol–water partition coefficient (Wildman–Crippen LogP) is 2.46. The van der Waals surface area contributed by atoms with Crippen LogP contribution < -0.4 is 0 Å². The normalized spacial score (nSPS) is 37.0. The number of rotatable bonds is 3. The van der Waals surface area contributed by atoms with E-state index < -0.39 is 8.32 Å². The minimum atomic E-state index is -1.62. The largest absolute Gasteiger partial charge is 0.415 e. The van der Waals surface area contributed by atoms with Crippen molar-refractivity contribution >= 4 is 8.32 Å². The first-order valence-electron chi connectivity index (χ1n) is 7.27. The summed E-state index contributed by atoms with van der Waals surface area (Å²) in [6.07, 6.45) is 2.19. The quantitative estimate of drug-likeness (QED) is 0.800. The van der Waals surface area contributed by atoms with Crippen LogP contribution in [0.5, 0.6) is 0 Å². The number of fused-ring (bicyclic) bond motifs is 3. The van der Waals surface area contributed by atoms with Gasteiger partial charge in [-0.05, 0) is 43.4 Å². The fourth-order valence-corrected chi connectivity index (χ4v) is 3.85. The minimum Gasteiger partial charge on any atom is -0.415 e. The van der Waals surface area contributed by atoms with Gasteiger partial charge in [0.25, 0.3) is 0 Å². The third-order valence-electron chi connectivity index (χ3n) is 5.29. The Bertz CT molecular complexity index is 301. The Morgan fingerprint density at radius 1 is 1.33 bits per heavy atom. The van der Waals surface area contributed by atoms with Crippen LogP contribution >= 0.6 is 0 Å². The van der Waals surface area contributed by atoms with Gasteiger partial charge in [0.2, 0.25) is 0 Å². The second-order valence-corrected chi connectivity index (χ2v) is 12.4. The summed E-state index contributed by atoms with van der Waals surface area (Å²) in [6, 6.07) is 0.543. The van der Waals surface area contributed by atoms with Crippen LogP contribution in [0.15, 0.2) is 0 Å². The van der Waals surface area contributed by atoms with Crippen molar-refractivity contribution in [2.24, 2.45) is 5.92 Å². The highest BCUT2D eigenvalue weighted by molar-refractivity contribution is 6.74. The summed E-state index contributed by atoms with van der Waals surface area (Å²) in [5, 5.41) is 10.2. The molecule has 0 spiro atoms. The molecule has 106 valence electrons. The lowest BCUT2D eigenvalue weighted by Crippen LogP contribution is -2.58. The van der Waals surface area contributed by atoms with E-state index in [4.69, 9.17) is 4.43 Å². The molecule has 0 aromatic rings. The molecule has 0 aromatic heterocycles. The van der Waals surface area contributed by atoms with Crippen molar-refractivity contribution in [1.29, 1.82) is 0 Å². The van der Waals surface area contributed by atoms with Crippen molar-refractivity contribution in [3.05, 3.63) is 0 Å². The third-order valence-corrected chi connectivity index (χ3v) is 9.79. The SMILES string of the molecule is CC(C)(C)[Si](C)(C)OC[C@H]1C[C@@H]2CCN1C[C@H]2O. The molecule has 3 nitrogen and oxygen atoms in total. The number of aliphatic hydroxyl groups is 1. The maximum absolute atomic E-state index is 9.90. The number of nitrogens with zero attached hydrogens (tertiary/aromatic N) is 1. The molecule has 0 aromatic carbocycles. The van der Waals surface area contributed by atoms with Gasteiger partial charge in [0.15, 0.2) is 8.32 Å². The molecule has 3 heterocycles. The van der Waals surface area contributed by atoms with E-state index in [1.54, 1.807) is 0 Å². The van der Waals surface area contributed by atoms with E-state index in [0.717, 1.165) is 32.5 Å². The number of piperidine rings is 3. The summed E-state index contributed by atoms with van der Waals surface area (Å²) in [4.78, 5) is 2.43. The van der Waals surface area contributed by atoms with Crippen LogP contribution in [0.1, 0.15) is 33.6 Å². The molecule has 18 heavy (non-hydrogen) atoms. The van der Waals surface area contributed by atoms with Gasteiger partial charge >= 0.3 is 0 Å². The Morgan fingerprint density at radius 3 is 2.44 bits per heavy atom. The second kappa shape index (κ2) is 4.89. The molecule has 4 atom stereocenters. The van der Waals surface area contributed by atoms with E-state index in [0.29, 0.717) is 12.0 Å². The predicted molar refractivity (Wildman–Crippen MR) is 77.2 cm³/mol. The Balaban J connectivity index is 1.89. The Labute approximate surface area is 113 Å². The zero-order chi connectivity index (χ0) is 13.6. The average molecular weight is 271 g/mol. The highest BCUT2D eigenvalue weighted by Gasteiger charge is 2.42. The Morgan fingerprint density at radius 2 is 2.00 bits per heavy atom. The average Bonchev–Trinajstić information content (AvgIpc) is 2.26. The highest BCUT2D eigenvalue weighted by Crippen LogP contribution is 2.38. The molecule has 1 unspecified atom stereocenters. The van der Waals surface area contributed by atoms with Gasteiger partial charge < -0.3 is 9.53 Å². The monoisotopic (exact) mass is 271 g/mol. The van der Waals surface area contributed by atoms with Crippen LogP contribution in [-0.2, 0) is 4.43 Å². The molecule has 3 fully saturated rings. The standard InChI is InChI=1S/C14H29NO2Si/c1-14(2,3)18(4,5)17-10-12-8-11-6-7-15(12)9-13(11)16/h11-13,16H,6-10H2,1-5H3/t11-,12+,13+/m0/s1. The summed E-state index contributed by atoms with van der Waals surface area (Å²) in [6.45, 7) is 14.4. The number of hydrogen-bond donors (Lipinski definition) is 1. The van der Waals surface area contributed by atoms with Gasteiger partial charge in [0.1, 0.15) is 0 Å². The van der Waals surface area contributed by atoms with Crippen LogP contribution in [0, 0.1) is 5.92 Å². The molecule has 0 amide bonds. The first-order chi connectivity index (χ1) is 8.21. The fourth-order valence-electron chi connectivity index (χ4n) is 2.80. The van der Waals surface area contributed by atoms with Gasteiger partial charge in [-0.25, -0.2) is 0 Å². The Kier molecular flexibility index (Phi) is 3.94. The number of aliphatic hydroxyl groups excluding tert-OH is 1. The van der Waals surface area contributed by atoms with Crippen LogP contribution in [0.3, 0.4) is 0 Å². The molecule has 0 aliphatic carbocycles. The first-order valence-corrected chi connectivity index (χ1v) is 10.2. The van der Waals surface area contributed by atoms with E-state index in [2.05, 4.69) is 38.8 Å². The number of hydrogen-bond acceptors (Lipinski definition) is 3. The van der Waals surface area contributed by atoms with Crippen LogP contribution in [-0.4, -0.2) is 50.2 Å². The first kappa shape index (κ1) is 14.5. The molecule has 3 rings (SSSR count). The summed E-state index contributed by atoms with van der Waals surface area (Å²) in [7, 11) is -1.62. The molecular weight excluding hydrogens is 242 g/mol. The fraction of sp³-hybridized carbons (Fsp3) is 1.00. The summed E-state index contributed by atoms with van der Waals surface area (Å²) >= 11 is 0. The second-order valence-electron chi connectivity index (χ2n) is 7.57. The highest BCUT2D eigenvalue weighted by atomic mass is 28.4. The van der Waals surface area contributed by atoms with Gasteiger partial charge in [-0.2, -0.15) is 0 Å². The van der Waals surface area contributed by atoms with Gasteiger partial charge in [-0.1, -0.05) is 20.8 Å². The van der Waals surface area contributed by atoms with Crippen molar-refractivity contribution in [3.63, 3.8) is 0 Å². The lowest BCUT2D eigenvalue weighted by atomic mass is 9.81. The van der Waals surface area contributed by atoms with E-state index in [1.165, 1.54) is 0 Å². The summed E-state index contributed by atoms with van der Waals surface area (Å²) < 4.78 is 6.34. The molecule has 3 aliphatic heterocycles. The van der Waals surface area contributed by atoms with Crippen molar-refractivity contribution in [3.8, 4) is 0 Å². The van der Waals surface area contributed by atoms with E-state index in [1.807, 2.05) is 0 Å². The summed E-state index contributed by atoms with van der Waals surface area (Å²) in [5.41, 5.74) is 0. The van der Waals surface area contributed by atoms with Crippen LogP contribution in [0.25, 0.3) is 0 Å². The van der Waals surface area contributed by atoms with Crippen molar-refractivity contribution < 1.29 is 9.53 Å². The van der Waals surface area contributed by atoms with E-state index in [-0.39, 0.29) is 11.1 Å². The molecule has 0 radical (unpaired) electrons. The topological polar surface area (TPSA) is 32.7 Å². The van der Waals surface area contributed by atoms with E-state index in [9.17, 15) is 5.11 Å². The molecular formula is C14H29NO2Si. The molecule has 1 N–H and O–H groups in total. The van der Waals surface area contributed by atoms with Gasteiger partial charge in [0.05, 0.1) is 6.10 Å². The molecule has 3 saturated heterocycles. The third kappa shape index (κ3) is 2.82. The maximum Gasteiger partial charge on any atom is 0.192 e. The van der Waals surface area contributed by atoms with E-state index >= 15 is 0 Å².